The second kappa shape index (κ2) is 4.74. The molecule has 1 unspecified atom stereocenters. The van der Waals surface area contributed by atoms with Crippen molar-refractivity contribution < 1.29 is 19.4 Å². The SMILES string of the molecule is CCOC(=O)C1=C(NC(C)(C)C)OCC1O. The van der Waals surface area contributed by atoms with E-state index in [9.17, 15) is 9.90 Å². The fourth-order valence-corrected chi connectivity index (χ4v) is 1.36. The van der Waals surface area contributed by atoms with Gasteiger partial charge in [-0.2, -0.15) is 0 Å². The number of nitrogens with one attached hydrogen (secondary N) is 1. The fraction of sp³-hybridized carbons (Fsp3) is 0.727. The van der Waals surface area contributed by atoms with Gasteiger partial charge in [-0.05, 0) is 27.7 Å². The molecule has 0 aromatic carbocycles. The van der Waals surface area contributed by atoms with Crippen molar-refractivity contribution in [3.8, 4) is 0 Å². The quantitative estimate of drug-likeness (QED) is 0.691. The first-order valence-electron chi connectivity index (χ1n) is 5.35. The van der Waals surface area contributed by atoms with Crippen molar-refractivity contribution in [2.45, 2.75) is 39.3 Å². The van der Waals surface area contributed by atoms with Crippen molar-refractivity contribution >= 4 is 5.97 Å². The summed E-state index contributed by atoms with van der Waals surface area (Å²) in [6, 6.07) is 0. The first kappa shape index (κ1) is 12.8. The zero-order valence-corrected chi connectivity index (χ0v) is 10.2. The molecular weight excluding hydrogens is 210 g/mol. The molecule has 0 saturated heterocycles. The van der Waals surface area contributed by atoms with Crippen molar-refractivity contribution in [3.63, 3.8) is 0 Å². The maximum Gasteiger partial charge on any atom is 0.342 e. The molecule has 16 heavy (non-hydrogen) atoms. The second-order valence-electron chi connectivity index (χ2n) is 4.67. The topological polar surface area (TPSA) is 67.8 Å². The van der Waals surface area contributed by atoms with Crippen LogP contribution < -0.4 is 5.32 Å². The van der Waals surface area contributed by atoms with Crippen LogP contribution in [-0.4, -0.2) is 35.9 Å². The van der Waals surface area contributed by atoms with Gasteiger partial charge in [0.05, 0.1) is 6.61 Å². The summed E-state index contributed by atoms with van der Waals surface area (Å²) in [6.07, 6.45) is -0.913. The molecule has 0 aromatic rings. The van der Waals surface area contributed by atoms with Crippen molar-refractivity contribution in [1.29, 1.82) is 0 Å². The molecule has 5 heteroatoms. The lowest BCUT2D eigenvalue weighted by molar-refractivity contribution is -0.139. The van der Waals surface area contributed by atoms with Crippen LogP contribution in [0, 0.1) is 0 Å². The molecule has 0 bridgehead atoms. The van der Waals surface area contributed by atoms with Gasteiger partial charge in [0.2, 0.25) is 5.88 Å². The minimum atomic E-state index is -0.913. The Morgan fingerprint density at radius 1 is 1.62 bits per heavy atom. The first-order valence-corrected chi connectivity index (χ1v) is 5.35. The van der Waals surface area contributed by atoms with Crippen LogP contribution in [0.2, 0.25) is 0 Å². The van der Waals surface area contributed by atoms with E-state index in [0.29, 0.717) is 5.88 Å². The average Bonchev–Trinajstić information content (AvgIpc) is 2.44. The Morgan fingerprint density at radius 2 is 2.25 bits per heavy atom. The molecule has 1 heterocycles. The van der Waals surface area contributed by atoms with Gasteiger partial charge in [-0.25, -0.2) is 4.79 Å². The normalized spacial score (nSPS) is 20.7. The van der Waals surface area contributed by atoms with Gasteiger partial charge in [-0.15, -0.1) is 0 Å². The van der Waals surface area contributed by atoms with Crippen LogP contribution in [0.3, 0.4) is 0 Å². The van der Waals surface area contributed by atoms with E-state index < -0.39 is 12.1 Å². The number of ether oxygens (including phenoxy) is 2. The van der Waals surface area contributed by atoms with Gasteiger partial charge in [0.1, 0.15) is 18.3 Å². The van der Waals surface area contributed by atoms with Crippen molar-refractivity contribution in [1.82, 2.24) is 5.32 Å². The van der Waals surface area contributed by atoms with Gasteiger partial charge in [-0.3, -0.25) is 0 Å². The number of carbonyl (C=O) groups excluding carboxylic acids is 1. The standard InChI is InChI=1S/C11H19NO4/c1-5-15-10(14)8-7(13)6-16-9(8)12-11(2,3)4/h7,12-13H,5-6H2,1-4H3. The summed E-state index contributed by atoms with van der Waals surface area (Å²) < 4.78 is 10.1. The summed E-state index contributed by atoms with van der Waals surface area (Å²) in [4.78, 5) is 11.6. The number of esters is 1. The highest BCUT2D eigenvalue weighted by Crippen LogP contribution is 2.21. The molecule has 0 radical (unpaired) electrons. The van der Waals surface area contributed by atoms with E-state index in [4.69, 9.17) is 9.47 Å². The summed E-state index contributed by atoms with van der Waals surface area (Å²) in [5.74, 6) is -0.210. The van der Waals surface area contributed by atoms with E-state index in [1.807, 2.05) is 20.8 Å². The Kier molecular flexibility index (Phi) is 3.80. The monoisotopic (exact) mass is 229 g/mol. The van der Waals surface area contributed by atoms with Crippen molar-refractivity contribution in [3.05, 3.63) is 11.5 Å². The number of carbonyl (C=O) groups is 1. The van der Waals surface area contributed by atoms with Gasteiger partial charge in [-0.1, -0.05) is 0 Å². The molecule has 1 atom stereocenters. The molecule has 0 aliphatic carbocycles. The van der Waals surface area contributed by atoms with Gasteiger partial charge < -0.3 is 19.9 Å². The Hall–Kier alpha value is -1.23. The van der Waals surface area contributed by atoms with Gasteiger partial charge in [0.25, 0.3) is 0 Å². The number of hydrogen-bond donors (Lipinski definition) is 2. The van der Waals surface area contributed by atoms with E-state index in [0.717, 1.165) is 0 Å². The van der Waals surface area contributed by atoms with Crippen LogP contribution in [0.1, 0.15) is 27.7 Å². The highest BCUT2D eigenvalue weighted by atomic mass is 16.5. The van der Waals surface area contributed by atoms with E-state index in [-0.39, 0.29) is 24.3 Å². The lowest BCUT2D eigenvalue weighted by atomic mass is 10.1. The molecule has 0 spiro atoms. The minimum Gasteiger partial charge on any atom is -0.476 e. The molecule has 0 aromatic heterocycles. The number of aliphatic hydroxyl groups excluding tert-OH is 1. The summed E-state index contributed by atoms with van der Waals surface area (Å²) in [7, 11) is 0. The number of hydrogen-bond acceptors (Lipinski definition) is 5. The van der Waals surface area contributed by atoms with Crippen LogP contribution in [-0.2, 0) is 14.3 Å². The predicted octanol–water partition coefficient (Wildman–Crippen LogP) is 0.540. The lowest BCUT2D eigenvalue weighted by Gasteiger charge is -2.22. The largest absolute Gasteiger partial charge is 0.476 e. The first-order chi connectivity index (χ1) is 7.35. The number of aliphatic hydroxyl groups is 1. The molecular formula is C11H19NO4. The Labute approximate surface area is 95.4 Å². The molecule has 2 N–H and O–H groups in total. The predicted molar refractivity (Wildman–Crippen MR) is 58.5 cm³/mol. The van der Waals surface area contributed by atoms with Crippen LogP contribution in [0.15, 0.2) is 11.5 Å². The zero-order chi connectivity index (χ0) is 12.3. The van der Waals surface area contributed by atoms with Crippen LogP contribution >= 0.6 is 0 Å². The lowest BCUT2D eigenvalue weighted by Crippen LogP contribution is -2.36. The maximum absolute atomic E-state index is 11.6. The zero-order valence-electron chi connectivity index (χ0n) is 10.2. The molecule has 1 aliphatic rings. The van der Waals surface area contributed by atoms with E-state index >= 15 is 0 Å². The third-order valence-corrected chi connectivity index (χ3v) is 1.95. The van der Waals surface area contributed by atoms with E-state index in [1.165, 1.54) is 0 Å². The molecule has 92 valence electrons. The second-order valence-corrected chi connectivity index (χ2v) is 4.67. The van der Waals surface area contributed by atoms with Gasteiger partial charge in [0.15, 0.2) is 0 Å². The fourth-order valence-electron chi connectivity index (χ4n) is 1.36. The molecule has 0 fully saturated rings. The van der Waals surface area contributed by atoms with Crippen LogP contribution in [0.5, 0.6) is 0 Å². The third-order valence-electron chi connectivity index (χ3n) is 1.95. The van der Waals surface area contributed by atoms with E-state index in [2.05, 4.69) is 5.32 Å². The highest BCUT2D eigenvalue weighted by molar-refractivity contribution is 5.90. The van der Waals surface area contributed by atoms with Gasteiger partial charge in [0, 0.05) is 5.54 Å². The third kappa shape index (κ3) is 3.13. The summed E-state index contributed by atoms with van der Waals surface area (Å²) in [6.45, 7) is 7.91. The van der Waals surface area contributed by atoms with Gasteiger partial charge >= 0.3 is 5.97 Å². The van der Waals surface area contributed by atoms with Crippen LogP contribution in [0.25, 0.3) is 0 Å². The summed E-state index contributed by atoms with van der Waals surface area (Å²) >= 11 is 0. The molecule has 5 nitrogen and oxygen atoms in total. The summed E-state index contributed by atoms with van der Waals surface area (Å²) in [5, 5.41) is 12.7. The minimum absolute atomic E-state index is 0.0898. The smallest absolute Gasteiger partial charge is 0.342 e. The molecule has 0 saturated carbocycles. The van der Waals surface area contributed by atoms with Crippen molar-refractivity contribution in [2.75, 3.05) is 13.2 Å². The van der Waals surface area contributed by atoms with E-state index in [1.54, 1.807) is 6.92 Å². The Balaban J connectivity index is 2.87. The summed E-state index contributed by atoms with van der Waals surface area (Å²) in [5.41, 5.74) is -0.0614. The van der Waals surface area contributed by atoms with Crippen LogP contribution in [0.4, 0.5) is 0 Å². The van der Waals surface area contributed by atoms with Crippen molar-refractivity contribution in [2.24, 2.45) is 0 Å². The molecule has 1 aliphatic heterocycles. The average molecular weight is 229 g/mol. The Morgan fingerprint density at radius 3 is 2.75 bits per heavy atom. The molecule has 1 rings (SSSR count). The maximum atomic E-state index is 11.6. The highest BCUT2D eigenvalue weighted by Gasteiger charge is 2.33. The Bertz CT molecular complexity index is 304. The molecule has 0 amide bonds. The number of rotatable bonds is 3.